The van der Waals surface area contributed by atoms with Crippen molar-refractivity contribution >= 4 is 6.08 Å². The van der Waals surface area contributed by atoms with Gasteiger partial charge in [0.25, 0.3) is 0 Å². The summed E-state index contributed by atoms with van der Waals surface area (Å²) in [6.45, 7) is 8.14. The maximum atomic E-state index is 2.12. The van der Waals surface area contributed by atoms with Crippen LogP contribution in [0.25, 0.3) is 6.08 Å². The van der Waals surface area contributed by atoms with E-state index >= 15 is 0 Å². The van der Waals surface area contributed by atoms with Crippen LogP contribution in [0.1, 0.15) is 33.3 Å². The minimum atomic E-state index is 1.25. The molecule has 0 heterocycles. The normalized spacial score (nSPS) is 11.0. The molecule has 0 N–H and O–H groups in total. The molecule has 0 amide bonds. The van der Waals surface area contributed by atoms with Gasteiger partial charge in [-0.2, -0.15) is 0 Å². The Morgan fingerprint density at radius 2 is 1.64 bits per heavy atom. The maximum Gasteiger partial charge on any atom is -0.0257 e. The van der Waals surface area contributed by atoms with E-state index in [1.807, 2.05) is 39.0 Å². The Morgan fingerprint density at radius 3 is 2.14 bits per heavy atom. The first-order valence-electron chi connectivity index (χ1n) is 5.19. The molecule has 1 aromatic carbocycles. The summed E-state index contributed by atoms with van der Waals surface area (Å²) in [4.78, 5) is 0. The molecule has 0 aliphatic rings. The monoisotopic (exact) mass is 188 g/mol. The van der Waals surface area contributed by atoms with Gasteiger partial charge in [0.2, 0.25) is 0 Å². The van der Waals surface area contributed by atoms with E-state index in [1.54, 1.807) is 0 Å². The molecule has 0 atom stereocenters. The van der Waals surface area contributed by atoms with Gasteiger partial charge in [-0.1, -0.05) is 68.0 Å². The van der Waals surface area contributed by atoms with Gasteiger partial charge in [-0.25, -0.2) is 0 Å². The zero-order valence-corrected chi connectivity index (χ0v) is 9.62. The van der Waals surface area contributed by atoms with Crippen LogP contribution in [0.15, 0.2) is 48.1 Å². The van der Waals surface area contributed by atoms with Gasteiger partial charge in [-0.05, 0) is 19.4 Å². The summed E-state index contributed by atoms with van der Waals surface area (Å²) < 4.78 is 0. The lowest BCUT2D eigenvalue weighted by molar-refractivity contribution is 1.48. The second kappa shape index (κ2) is 8.31. The van der Waals surface area contributed by atoms with E-state index in [1.165, 1.54) is 11.1 Å². The Morgan fingerprint density at radius 1 is 1.07 bits per heavy atom. The summed E-state index contributed by atoms with van der Waals surface area (Å²) in [6, 6.07) is 10.3. The largest absolute Gasteiger partial charge is 0.0847 e. The molecular formula is C14H20. The van der Waals surface area contributed by atoms with E-state index in [4.69, 9.17) is 0 Å². The van der Waals surface area contributed by atoms with Gasteiger partial charge < -0.3 is 0 Å². The molecule has 1 aromatic rings. The summed E-state index contributed by atoms with van der Waals surface area (Å²) in [7, 11) is 0. The van der Waals surface area contributed by atoms with Crippen LogP contribution in [0.2, 0.25) is 0 Å². The molecule has 76 valence electrons. The molecule has 0 fully saturated rings. The lowest BCUT2D eigenvalue weighted by Gasteiger charge is -1.91. The van der Waals surface area contributed by atoms with Gasteiger partial charge in [0.15, 0.2) is 0 Å². The fourth-order valence-corrected chi connectivity index (χ4v) is 0.888. The number of hydrogen-bond acceptors (Lipinski definition) is 0. The maximum absolute atomic E-state index is 2.12. The topological polar surface area (TPSA) is 0 Å². The molecule has 0 saturated heterocycles. The average molecular weight is 188 g/mol. The number of allylic oxidation sites excluding steroid dienone is 3. The van der Waals surface area contributed by atoms with Crippen molar-refractivity contribution < 1.29 is 0 Å². The van der Waals surface area contributed by atoms with Crippen molar-refractivity contribution in [2.75, 3.05) is 0 Å². The summed E-state index contributed by atoms with van der Waals surface area (Å²) >= 11 is 0. The highest BCUT2D eigenvalue weighted by molar-refractivity contribution is 5.52. The highest BCUT2D eigenvalue weighted by Gasteiger charge is 1.82. The van der Waals surface area contributed by atoms with E-state index < -0.39 is 0 Å². The van der Waals surface area contributed by atoms with Crippen molar-refractivity contribution in [3.8, 4) is 0 Å². The fraction of sp³-hybridized carbons (Fsp3) is 0.286. The van der Waals surface area contributed by atoms with Crippen LogP contribution in [0.3, 0.4) is 0 Å². The summed E-state index contributed by atoms with van der Waals surface area (Å²) in [5.41, 5.74) is 2.54. The molecule has 0 bridgehead atoms. The Kier molecular flexibility index (Phi) is 7.53. The predicted octanol–water partition coefficient (Wildman–Crippen LogP) is 4.69. The minimum Gasteiger partial charge on any atom is -0.0847 e. The summed E-state index contributed by atoms with van der Waals surface area (Å²) in [6.07, 6.45) is 6.34. The van der Waals surface area contributed by atoms with Crippen molar-refractivity contribution in [1.82, 2.24) is 0 Å². The molecule has 0 aromatic heterocycles. The lowest BCUT2D eigenvalue weighted by Crippen LogP contribution is -1.69. The molecule has 0 aliphatic carbocycles. The molecule has 0 saturated carbocycles. The molecule has 0 heteroatoms. The molecular weight excluding hydrogens is 168 g/mol. The van der Waals surface area contributed by atoms with Gasteiger partial charge in [0.05, 0.1) is 0 Å². The Bertz CT molecular complexity index is 278. The number of rotatable bonds is 2. The predicted molar refractivity (Wildman–Crippen MR) is 66.3 cm³/mol. The smallest absolute Gasteiger partial charge is 0.0257 e. The highest BCUT2D eigenvalue weighted by atomic mass is 13.9. The first-order chi connectivity index (χ1) is 6.83. The van der Waals surface area contributed by atoms with E-state index in [-0.39, 0.29) is 0 Å². The van der Waals surface area contributed by atoms with Crippen LogP contribution >= 0.6 is 0 Å². The average Bonchev–Trinajstić information content (AvgIpc) is 2.30. The highest BCUT2D eigenvalue weighted by Crippen LogP contribution is 2.03. The van der Waals surface area contributed by atoms with Crippen LogP contribution < -0.4 is 0 Å². The molecule has 1 rings (SSSR count). The molecule has 14 heavy (non-hydrogen) atoms. The first-order valence-corrected chi connectivity index (χ1v) is 5.19. The number of benzene rings is 1. The third-order valence-corrected chi connectivity index (χ3v) is 1.79. The van der Waals surface area contributed by atoms with Crippen LogP contribution in [0.5, 0.6) is 0 Å². The fourth-order valence-electron chi connectivity index (χ4n) is 0.888. The molecule has 0 spiro atoms. The van der Waals surface area contributed by atoms with E-state index in [0.717, 1.165) is 0 Å². The third-order valence-electron chi connectivity index (χ3n) is 1.79. The zero-order valence-electron chi connectivity index (χ0n) is 9.62. The van der Waals surface area contributed by atoms with Crippen molar-refractivity contribution in [1.29, 1.82) is 0 Å². The molecule has 0 nitrogen and oxygen atoms in total. The second-order valence-corrected chi connectivity index (χ2v) is 2.78. The number of hydrogen-bond donors (Lipinski definition) is 0. The van der Waals surface area contributed by atoms with Crippen LogP contribution in [-0.4, -0.2) is 0 Å². The van der Waals surface area contributed by atoms with Crippen molar-refractivity contribution in [3.63, 3.8) is 0 Å². The quantitative estimate of drug-likeness (QED) is 0.590. The van der Waals surface area contributed by atoms with Crippen molar-refractivity contribution in [2.45, 2.75) is 27.7 Å². The van der Waals surface area contributed by atoms with Crippen LogP contribution in [0.4, 0.5) is 0 Å². The second-order valence-electron chi connectivity index (χ2n) is 2.78. The third kappa shape index (κ3) is 5.36. The lowest BCUT2D eigenvalue weighted by atomic mass is 10.2. The Hall–Kier alpha value is -1.30. The first kappa shape index (κ1) is 12.7. The molecule has 0 radical (unpaired) electrons. The van der Waals surface area contributed by atoms with E-state index in [9.17, 15) is 0 Å². The van der Waals surface area contributed by atoms with Crippen LogP contribution in [-0.2, 0) is 0 Å². The van der Waals surface area contributed by atoms with E-state index in [2.05, 4.69) is 37.3 Å². The van der Waals surface area contributed by atoms with Crippen molar-refractivity contribution in [2.24, 2.45) is 0 Å². The minimum absolute atomic E-state index is 1.25. The zero-order chi connectivity index (χ0) is 10.8. The SMILES string of the molecule is C/C=C(C)\C=C/c1ccccc1.CC. The van der Waals surface area contributed by atoms with Crippen molar-refractivity contribution in [3.05, 3.63) is 53.6 Å². The van der Waals surface area contributed by atoms with E-state index in [0.29, 0.717) is 0 Å². The van der Waals surface area contributed by atoms with Gasteiger partial charge in [0.1, 0.15) is 0 Å². The van der Waals surface area contributed by atoms with Crippen LogP contribution in [0, 0.1) is 0 Å². The molecule has 0 unspecified atom stereocenters. The van der Waals surface area contributed by atoms with Gasteiger partial charge in [-0.15, -0.1) is 0 Å². The summed E-state index contributed by atoms with van der Waals surface area (Å²) in [5.74, 6) is 0. The Labute approximate surface area is 88.0 Å². The van der Waals surface area contributed by atoms with Gasteiger partial charge >= 0.3 is 0 Å². The summed E-state index contributed by atoms with van der Waals surface area (Å²) in [5, 5.41) is 0. The standard InChI is InChI=1S/C12H14.C2H6/c1-3-11(2)9-10-12-7-5-4-6-8-12;1-2/h3-10H,1-2H3;1-2H3/b10-9-,11-3-;. The van der Waals surface area contributed by atoms with Gasteiger partial charge in [-0.3, -0.25) is 0 Å². The molecule has 0 aliphatic heterocycles. The Balaban J connectivity index is 0.000000791. The van der Waals surface area contributed by atoms with Gasteiger partial charge in [0, 0.05) is 0 Å².